The predicted molar refractivity (Wildman–Crippen MR) is 136 cm³/mol. The first-order valence-corrected chi connectivity index (χ1v) is 12.4. The minimum atomic E-state index is -4.43. The number of carbonyl (C=O) groups is 1. The highest BCUT2D eigenvalue weighted by Crippen LogP contribution is 2.36. The fraction of sp³-hybridized carbons (Fsp3) is 0.370. The number of piperidine rings is 1. The van der Waals surface area contributed by atoms with Gasteiger partial charge >= 0.3 is 6.18 Å². The van der Waals surface area contributed by atoms with Crippen molar-refractivity contribution < 1.29 is 27.4 Å². The van der Waals surface area contributed by atoms with Gasteiger partial charge in [0.1, 0.15) is 23.4 Å². The van der Waals surface area contributed by atoms with Crippen LogP contribution in [0.25, 0.3) is 27.8 Å². The summed E-state index contributed by atoms with van der Waals surface area (Å²) in [6, 6.07) is 9.51. The van der Waals surface area contributed by atoms with E-state index < -0.39 is 24.8 Å². The van der Waals surface area contributed by atoms with E-state index in [9.17, 15) is 18.0 Å². The molecule has 1 N–H and O–H groups in total. The number of imidazole rings is 1. The van der Waals surface area contributed by atoms with Gasteiger partial charge in [0, 0.05) is 30.3 Å². The third kappa shape index (κ3) is 5.24. The van der Waals surface area contributed by atoms with E-state index in [-0.39, 0.29) is 17.1 Å². The lowest BCUT2D eigenvalue weighted by molar-refractivity contribution is -0.133. The van der Waals surface area contributed by atoms with Crippen LogP contribution in [0.2, 0.25) is 0 Å². The van der Waals surface area contributed by atoms with Crippen LogP contribution in [-0.4, -0.2) is 58.6 Å². The van der Waals surface area contributed by atoms with Crippen LogP contribution in [0.3, 0.4) is 0 Å². The minimum Gasteiger partial charge on any atom is -0.496 e. The van der Waals surface area contributed by atoms with Gasteiger partial charge in [-0.3, -0.25) is 14.0 Å². The standard InChI is InChI=1S/C27H28F3N5O3/c1-37-24-12-20(13-25(38-2)26(24)23(36)5-8-27(28,29)30)34-16-32-21-11-17(3-4-22(21)34)18-14-33-35(15-18)19-6-9-31-10-7-19/h3-4,11-16,19,31H,5-10H2,1-2H3. The number of nitrogens with one attached hydrogen (secondary N) is 1. The normalized spacial score (nSPS) is 14.7. The molecular weight excluding hydrogens is 499 g/mol. The fourth-order valence-electron chi connectivity index (χ4n) is 4.85. The zero-order valence-corrected chi connectivity index (χ0v) is 21.1. The van der Waals surface area contributed by atoms with Gasteiger partial charge in [-0.2, -0.15) is 18.3 Å². The molecule has 0 amide bonds. The summed E-state index contributed by atoms with van der Waals surface area (Å²) in [5.74, 6) is -0.432. The molecule has 1 aliphatic heterocycles. The first-order valence-electron chi connectivity index (χ1n) is 12.4. The topological polar surface area (TPSA) is 83.2 Å². The molecule has 0 unspecified atom stereocenters. The van der Waals surface area contributed by atoms with Crippen LogP contribution in [0.4, 0.5) is 13.2 Å². The van der Waals surface area contributed by atoms with Gasteiger partial charge in [0.2, 0.25) is 0 Å². The highest BCUT2D eigenvalue weighted by molar-refractivity contribution is 6.02. The Bertz CT molecular complexity index is 1430. The molecule has 5 rings (SSSR count). The van der Waals surface area contributed by atoms with Gasteiger partial charge in [0.05, 0.1) is 49.6 Å². The largest absolute Gasteiger partial charge is 0.496 e. The molecule has 0 aliphatic carbocycles. The molecule has 4 aromatic rings. The van der Waals surface area contributed by atoms with Crippen molar-refractivity contribution in [3.8, 4) is 28.3 Å². The van der Waals surface area contributed by atoms with E-state index in [1.54, 1.807) is 18.5 Å². The van der Waals surface area contributed by atoms with Crippen molar-refractivity contribution in [2.45, 2.75) is 37.9 Å². The summed E-state index contributed by atoms with van der Waals surface area (Å²) in [7, 11) is 2.72. The lowest BCUT2D eigenvalue weighted by Gasteiger charge is -2.22. The first kappa shape index (κ1) is 25.8. The van der Waals surface area contributed by atoms with Crippen molar-refractivity contribution in [2.24, 2.45) is 0 Å². The molecule has 1 fully saturated rings. The number of hydrogen-bond donors (Lipinski definition) is 1. The van der Waals surface area contributed by atoms with Crippen LogP contribution >= 0.6 is 0 Å². The van der Waals surface area contributed by atoms with Gasteiger partial charge in [-0.25, -0.2) is 4.98 Å². The van der Waals surface area contributed by atoms with E-state index in [0.29, 0.717) is 11.7 Å². The maximum Gasteiger partial charge on any atom is 0.389 e. The molecule has 0 spiro atoms. The summed E-state index contributed by atoms with van der Waals surface area (Å²) in [5, 5.41) is 7.95. The summed E-state index contributed by atoms with van der Waals surface area (Å²) in [6.45, 7) is 1.98. The monoisotopic (exact) mass is 527 g/mol. The second-order valence-electron chi connectivity index (χ2n) is 9.27. The number of Topliss-reactive ketones (excluding diaryl/α,β-unsaturated/α-hetero) is 1. The number of fused-ring (bicyclic) bond motifs is 1. The Morgan fingerprint density at radius 1 is 1.08 bits per heavy atom. The van der Waals surface area contributed by atoms with E-state index >= 15 is 0 Å². The maximum atomic E-state index is 12.7. The quantitative estimate of drug-likeness (QED) is 0.311. The van der Waals surface area contributed by atoms with Crippen molar-refractivity contribution >= 4 is 16.8 Å². The Morgan fingerprint density at radius 2 is 1.79 bits per heavy atom. The number of aromatic nitrogens is 4. The van der Waals surface area contributed by atoms with Crippen LogP contribution < -0.4 is 14.8 Å². The third-order valence-corrected chi connectivity index (χ3v) is 6.85. The third-order valence-electron chi connectivity index (χ3n) is 6.85. The molecular formula is C27H28F3N5O3. The Balaban J connectivity index is 1.45. The zero-order valence-electron chi connectivity index (χ0n) is 21.1. The molecule has 2 aromatic heterocycles. The zero-order chi connectivity index (χ0) is 26.9. The molecule has 8 nitrogen and oxygen atoms in total. The summed E-state index contributed by atoms with van der Waals surface area (Å²) in [5.41, 5.74) is 4.13. The van der Waals surface area contributed by atoms with E-state index in [4.69, 9.17) is 9.47 Å². The predicted octanol–water partition coefficient (Wildman–Crippen LogP) is 5.36. The average molecular weight is 528 g/mol. The average Bonchev–Trinajstić information content (AvgIpc) is 3.58. The van der Waals surface area contributed by atoms with E-state index in [0.717, 1.165) is 48.1 Å². The van der Waals surface area contributed by atoms with E-state index in [1.165, 1.54) is 14.2 Å². The summed E-state index contributed by atoms with van der Waals surface area (Å²) < 4.78 is 52.7. The highest BCUT2D eigenvalue weighted by Gasteiger charge is 2.30. The molecule has 200 valence electrons. The van der Waals surface area contributed by atoms with Crippen molar-refractivity contribution in [2.75, 3.05) is 27.3 Å². The molecule has 0 saturated carbocycles. The highest BCUT2D eigenvalue weighted by atomic mass is 19.4. The van der Waals surface area contributed by atoms with Gasteiger partial charge < -0.3 is 14.8 Å². The number of carbonyl (C=O) groups excluding carboxylic acids is 1. The van der Waals surface area contributed by atoms with Crippen LogP contribution in [0.15, 0.2) is 49.1 Å². The van der Waals surface area contributed by atoms with Crippen molar-refractivity contribution in [1.29, 1.82) is 0 Å². The molecule has 11 heteroatoms. The smallest absolute Gasteiger partial charge is 0.389 e. The molecule has 0 radical (unpaired) electrons. The Morgan fingerprint density at radius 3 is 2.45 bits per heavy atom. The molecule has 2 aromatic carbocycles. The van der Waals surface area contributed by atoms with Gasteiger partial charge in [-0.1, -0.05) is 6.07 Å². The summed E-state index contributed by atoms with van der Waals surface area (Å²) in [6.07, 6.45) is 1.33. The van der Waals surface area contributed by atoms with Crippen molar-refractivity contribution in [3.63, 3.8) is 0 Å². The number of benzene rings is 2. The maximum absolute atomic E-state index is 12.7. The van der Waals surface area contributed by atoms with Crippen LogP contribution in [-0.2, 0) is 0 Å². The number of ether oxygens (including phenoxy) is 2. The van der Waals surface area contributed by atoms with Crippen LogP contribution in [0.5, 0.6) is 11.5 Å². The number of alkyl halides is 3. The number of methoxy groups -OCH3 is 2. The summed E-state index contributed by atoms with van der Waals surface area (Å²) >= 11 is 0. The van der Waals surface area contributed by atoms with Crippen molar-refractivity contribution in [3.05, 3.63) is 54.6 Å². The minimum absolute atomic E-state index is 0.0135. The lowest BCUT2D eigenvalue weighted by atomic mass is 10.0. The lowest BCUT2D eigenvalue weighted by Crippen LogP contribution is -2.29. The number of ketones is 1. The van der Waals surface area contributed by atoms with Gasteiger partial charge in [-0.15, -0.1) is 0 Å². The Labute approximate surface area is 217 Å². The molecule has 0 atom stereocenters. The van der Waals surface area contributed by atoms with Crippen LogP contribution in [0, 0.1) is 0 Å². The first-order chi connectivity index (χ1) is 18.3. The molecule has 1 saturated heterocycles. The Hall–Kier alpha value is -3.86. The number of halogens is 3. The van der Waals surface area contributed by atoms with Gasteiger partial charge in [-0.05, 0) is 43.6 Å². The molecule has 0 bridgehead atoms. The molecule has 38 heavy (non-hydrogen) atoms. The second-order valence-corrected chi connectivity index (χ2v) is 9.27. The molecule has 1 aliphatic rings. The number of nitrogens with zero attached hydrogens (tertiary/aromatic N) is 4. The SMILES string of the molecule is COc1cc(-n2cnc3cc(-c4cnn(C5CCNCC5)c4)ccc32)cc(OC)c1C(=O)CCC(F)(F)F. The van der Waals surface area contributed by atoms with Gasteiger partial charge in [0.15, 0.2) is 5.78 Å². The summed E-state index contributed by atoms with van der Waals surface area (Å²) in [4.78, 5) is 17.2. The van der Waals surface area contributed by atoms with Crippen molar-refractivity contribution in [1.82, 2.24) is 24.6 Å². The van der Waals surface area contributed by atoms with E-state index in [1.807, 2.05) is 33.6 Å². The number of hydrogen-bond acceptors (Lipinski definition) is 6. The van der Waals surface area contributed by atoms with Crippen LogP contribution in [0.1, 0.15) is 42.1 Å². The Kier molecular flexibility index (Phi) is 7.11. The van der Waals surface area contributed by atoms with E-state index in [2.05, 4.69) is 21.6 Å². The molecule has 3 heterocycles. The van der Waals surface area contributed by atoms with Gasteiger partial charge in [0.25, 0.3) is 0 Å². The fourth-order valence-corrected chi connectivity index (χ4v) is 4.85. The second kappa shape index (κ2) is 10.5. The number of rotatable bonds is 8.